The number of aromatic nitrogens is 3. The second-order valence-corrected chi connectivity index (χ2v) is 8.88. The Kier molecular flexibility index (Phi) is 6.38. The van der Waals surface area contributed by atoms with Crippen molar-refractivity contribution < 1.29 is 4.79 Å². The van der Waals surface area contributed by atoms with Crippen LogP contribution in [0, 0.1) is 0 Å². The number of anilines is 2. The van der Waals surface area contributed by atoms with Gasteiger partial charge in [0.2, 0.25) is 5.91 Å². The van der Waals surface area contributed by atoms with E-state index in [1.807, 2.05) is 61.0 Å². The molecule has 1 amide bonds. The minimum absolute atomic E-state index is 0.0463. The maximum absolute atomic E-state index is 12.7. The molecule has 2 heterocycles. The average Bonchev–Trinajstić information content (AvgIpc) is 3.15. The summed E-state index contributed by atoms with van der Waals surface area (Å²) >= 11 is 1.41. The maximum atomic E-state index is 12.7. The van der Waals surface area contributed by atoms with Gasteiger partial charge in [-0.15, -0.1) is 10.2 Å². The van der Waals surface area contributed by atoms with Gasteiger partial charge in [-0.1, -0.05) is 42.1 Å². The van der Waals surface area contributed by atoms with Crippen LogP contribution in [-0.4, -0.2) is 39.0 Å². The zero-order valence-electron chi connectivity index (χ0n) is 17.4. The second kappa shape index (κ2) is 9.34. The minimum atomic E-state index is -0.293. The van der Waals surface area contributed by atoms with Crippen LogP contribution in [0.3, 0.4) is 0 Å². The number of hydrogen-bond donors (Lipinski definition) is 1. The molecule has 0 unspecified atom stereocenters. The van der Waals surface area contributed by atoms with Crippen LogP contribution in [-0.2, 0) is 11.8 Å². The number of thioether (sulfide) groups is 1. The van der Waals surface area contributed by atoms with Crippen molar-refractivity contribution in [1.29, 1.82) is 0 Å². The minimum Gasteiger partial charge on any atom is -0.372 e. The van der Waals surface area contributed by atoms with Crippen molar-refractivity contribution in [3.8, 4) is 11.4 Å². The van der Waals surface area contributed by atoms with Crippen LogP contribution in [0.4, 0.5) is 11.4 Å². The van der Waals surface area contributed by atoms with E-state index in [0.29, 0.717) is 0 Å². The number of hydrogen-bond acceptors (Lipinski definition) is 5. The summed E-state index contributed by atoms with van der Waals surface area (Å²) in [6.45, 7) is 4.11. The van der Waals surface area contributed by atoms with E-state index in [0.717, 1.165) is 35.3 Å². The number of nitrogens with one attached hydrogen (secondary N) is 1. The predicted octanol–water partition coefficient (Wildman–Crippen LogP) is 4.59. The van der Waals surface area contributed by atoms with Gasteiger partial charge in [-0.2, -0.15) is 0 Å². The molecule has 4 rings (SSSR count). The number of piperidine rings is 1. The van der Waals surface area contributed by atoms with Crippen LogP contribution in [0.1, 0.15) is 26.2 Å². The van der Waals surface area contributed by atoms with E-state index in [1.54, 1.807) is 0 Å². The van der Waals surface area contributed by atoms with Gasteiger partial charge < -0.3 is 14.8 Å². The van der Waals surface area contributed by atoms with Crippen LogP contribution in [0.25, 0.3) is 11.4 Å². The van der Waals surface area contributed by atoms with Gasteiger partial charge in [0.1, 0.15) is 0 Å². The third-order valence-corrected chi connectivity index (χ3v) is 6.51. The average molecular weight is 422 g/mol. The lowest BCUT2D eigenvalue weighted by atomic mass is 10.1. The van der Waals surface area contributed by atoms with Crippen LogP contribution in [0.2, 0.25) is 0 Å². The molecule has 1 aliphatic heterocycles. The summed E-state index contributed by atoms with van der Waals surface area (Å²) in [4.78, 5) is 15.1. The Balaban J connectivity index is 1.37. The Bertz CT molecular complexity index is 981. The lowest BCUT2D eigenvalue weighted by Crippen LogP contribution is -2.29. The predicted molar refractivity (Wildman–Crippen MR) is 123 cm³/mol. The molecule has 1 N–H and O–H groups in total. The van der Waals surface area contributed by atoms with E-state index >= 15 is 0 Å². The maximum Gasteiger partial charge on any atom is 0.237 e. The van der Waals surface area contributed by atoms with Crippen molar-refractivity contribution >= 4 is 29.0 Å². The molecule has 1 aliphatic rings. The molecule has 3 aromatic rings. The largest absolute Gasteiger partial charge is 0.372 e. The van der Waals surface area contributed by atoms with Gasteiger partial charge in [-0.05, 0) is 50.5 Å². The van der Waals surface area contributed by atoms with Crippen molar-refractivity contribution in [3.63, 3.8) is 0 Å². The Morgan fingerprint density at radius 2 is 1.70 bits per heavy atom. The van der Waals surface area contributed by atoms with Crippen molar-refractivity contribution in [2.75, 3.05) is 23.3 Å². The summed E-state index contributed by atoms with van der Waals surface area (Å²) in [5.74, 6) is 0.744. The molecule has 0 bridgehead atoms. The van der Waals surface area contributed by atoms with E-state index < -0.39 is 0 Å². The molecular weight excluding hydrogens is 394 g/mol. The smallest absolute Gasteiger partial charge is 0.237 e. The molecule has 1 fully saturated rings. The van der Waals surface area contributed by atoms with E-state index in [-0.39, 0.29) is 11.2 Å². The quantitative estimate of drug-likeness (QED) is 0.590. The summed E-state index contributed by atoms with van der Waals surface area (Å²) in [5.41, 5.74) is 3.05. The molecule has 0 spiro atoms. The van der Waals surface area contributed by atoms with Gasteiger partial charge in [0, 0.05) is 37.1 Å². The number of benzene rings is 2. The number of rotatable bonds is 6. The van der Waals surface area contributed by atoms with E-state index in [9.17, 15) is 4.79 Å². The second-order valence-electron chi connectivity index (χ2n) is 7.58. The Hall–Kier alpha value is -2.80. The molecule has 30 heavy (non-hydrogen) atoms. The number of nitrogens with zero attached hydrogens (tertiary/aromatic N) is 4. The van der Waals surface area contributed by atoms with Gasteiger partial charge >= 0.3 is 0 Å². The highest BCUT2D eigenvalue weighted by Gasteiger charge is 2.20. The molecule has 1 saturated heterocycles. The fraction of sp³-hybridized carbons (Fsp3) is 0.348. The van der Waals surface area contributed by atoms with Crippen LogP contribution in [0.5, 0.6) is 0 Å². The Morgan fingerprint density at radius 3 is 2.40 bits per heavy atom. The van der Waals surface area contributed by atoms with Gasteiger partial charge in [0.05, 0.1) is 5.25 Å². The highest BCUT2D eigenvalue weighted by atomic mass is 32.2. The van der Waals surface area contributed by atoms with Crippen molar-refractivity contribution in [3.05, 3.63) is 54.6 Å². The lowest BCUT2D eigenvalue weighted by molar-refractivity contribution is -0.115. The first kappa shape index (κ1) is 20.5. The monoisotopic (exact) mass is 421 g/mol. The van der Waals surface area contributed by atoms with Gasteiger partial charge in [0.25, 0.3) is 0 Å². The molecule has 1 atom stereocenters. The van der Waals surface area contributed by atoms with Crippen molar-refractivity contribution in [2.24, 2.45) is 7.05 Å². The standard InChI is InChI=1S/C23H27N5OS/c1-17(30-23-26-25-21(27(23)2)18-9-5-3-6-10-18)22(29)24-19-11-13-20(14-12-19)28-15-7-4-8-16-28/h3,5-6,9-14,17H,4,7-8,15-16H2,1-2H3,(H,24,29)/t17-/m1/s1. The highest BCUT2D eigenvalue weighted by Crippen LogP contribution is 2.27. The van der Waals surface area contributed by atoms with Gasteiger partial charge in [0.15, 0.2) is 11.0 Å². The molecule has 2 aromatic carbocycles. The molecule has 0 aliphatic carbocycles. The normalized spacial score (nSPS) is 15.1. The third-order valence-electron chi connectivity index (χ3n) is 5.37. The molecule has 156 valence electrons. The van der Waals surface area contributed by atoms with Crippen LogP contribution < -0.4 is 10.2 Å². The van der Waals surface area contributed by atoms with Gasteiger partial charge in [-0.3, -0.25) is 4.79 Å². The molecule has 7 heteroatoms. The Labute approximate surface area is 181 Å². The van der Waals surface area contributed by atoms with Crippen molar-refractivity contribution in [1.82, 2.24) is 14.8 Å². The van der Waals surface area contributed by atoms with Gasteiger partial charge in [-0.25, -0.2) is 0 Å². The number of amides is 1. The summed E-state index contributed by atoms with van der Waals surface area (Å²) in [5, 5.41) is 12.0. The highest BCUT2D eigenvalue weighted by molar-refractivity contribution is 8.00. The number of carbonyl (C=O) groups excluding carboxylic acids is 1. The first-order valence-electron chi connectivity index (χ1n) is 10.4. The zero-order chi connectivity index (χ0) is 20.9. The summed E-state index contributed by atoms with van der Waals surface area (Å²) in [7, 11) is 1.93. The molecule has 1 aromatic heterocycles. The number of carbonyl (C=O) groups is 1. The molecular formula is C23H27N5OS. The van der Waals surface area contributed by atoms with Crippen LogP contribution in [0.15, 0.2) is 59.8 Å². The Morgan fingerprint density at radius 1 is 1.00 bits per heavy atom. The summed E-state index contributed by atoms with van der Waals surface area (Å²) < 4.78 is 1.93. The van der Waals surface area contributed by atoms with E-state index in [4.69, 9.17) is 0 Å². The zero-order valence-corrected chi connectivity index (χ0v) is 18.2. The first-order valence-corrected chi connectivity index (χ1v) is 11.3. The molecule has 0 radical (unpaired) electrons. The topological polar surface area (TPSA) is 63.1 Å². The first-order chi connectivity index (χ1) is 14.6. The van der Waals surface area contributed by atoms with E-state index in [2.05, 4.69) is 32.5 Å². The fourth-order valence-corrected chi connectivity index (χ4v) is 4.43. The van der Waals surface area contributed by atoms with Crippen molar-refractivity contribution in [2.45, 2.75) is 36.6 Å². The molecule has 0 saturated carbocycles. The van der Waals surface area contributed by atoms with E-state index in [1.165, 1.54) is 36.7 Å². The van der Waals surface area contributed by atoms with Crippen LogP contribution >= 0.6 is 11.8 Å². The third kappa shape index (κ3) is 4.67. The SMILES string of the molecule is C[C@@H](Sc1nnc(-c2ccccc2)n1C)C(=O)Nc1ccc(N2CCCCC2)cc1. The summed E-state index contributed by atoms with van der Waals surface area (Å²) in [6, 6.07) is 18.1. The fourth-order valence-electron chi connectivity index (χ4n) is 3.62. The molecule has 6 nitrogen and oxygen atoms in total. The summed E-state index contributed by atoms with van der Waals surface area (Å²) in [6.07, 6.45) is 3.82. The lowest BCUT2D eigenvalue weighted by Gasteiger charge is -2.28.